The third-order valence-corrected chi connectivity index (χ3v) is 5.95. The molecule has 0 N–H and O–H groups in total. The topological polar surface area (TPSA) is 51.3 Å². The molecule has 1 amide bonds. The van der Waals surface area contributed by atoms with Crippen LogP contribution in [0.2, 0.25) is 0 Å². The number of carbonyl (C=O) groups excluding carboxylic acids is 1. The van der Waals surface area contributed by atoms with Crippen molar-refractivity contribution >= 4 is 11.6 Å². The molecular weight excluding hydrogens is 345 g/mol. The zero-order chi connectivity index (χ0) is 18.6. The van der Waals surface area contributed by atoms with Crippen LogP contribution in [0.25, 0.3) is 11.3 Å². The zero-order valence-corrected chi connectivity index (χ0v) is 15.1. The number of benzene rings is 1. The molecule has 0 radical (unpaired) electrons. The van der Waals surface area contributed by atoms with Gasteiger partial charge in [0.15, 0.2) is 0 Å². The number of nitrogens with zero attached hydrogens (tertiary/aromatic N) is 3. The van der Waals surface area contributed by atoms with Gasteiger partial charge in [0, 0.05) is 30.8 Å². The molecule has 1 spiro atoms. The van der Waals surface area contributed by atoms with Gasteiger partial charge in [-0.25, -0.2) is 4.39 Å². The smallest absolute Gasteiger partial charge is 0.262 e. The fraction of sp³-hybridized carbons (Fsp3) is 0.333. The largest absolute Gasteiger partial charge is 0.472 e. The van der Waals surface area contributed by atoms with E-state index in [0.29, 0.717) is 23.5 Å². The van der Waals surface area contributed by atoms with Crippen molar-refractivity contribution in [2.75, 3.05) is 11.4 Å². The third-order valence-electron chi connectivity index (χ3n) is 5.95. The summed E-state index contributed by atoms with van der Waals surface area (Å²) in [4.78, 5) is 15.1. The van der Waals surface area contributed by atoms with Crippen molar-refractivity contribution in [2.45, 2.75) is 31.1 Å². The van der Waals surface area contributed by atoms with Gasteiger partial charge in [-0.2, -0.15) is 5.10 Å². The van der Waals surface area contributed by atoms with Crippen LogP contribution < -0.4 is 4.90 Å². The number of hydrogen-bond donors (Lipinski definition) is 0. The monoisotopic (exact) mass is 365 g/mol. The van der Waals surface area contributed by atoms with Crippen LogP contribution in [-0.4, -0.2) is 22.2 Å². The minimum absolute atomic E-state index is 0.120. The number of fused-ring (bicyclic) bond motifs is 2. The Balaban J connectivity index is 1.62. The summed E-state index contributed by atoms with van der Waals surface area (Å²) >= 11 is 0. The lowest BCUT2D eigenvalue weighted by molar-refractivity contribution is 0.0984. The number of para-hydroxylation sites is 1. The van der Waals surface area contributed by atoms with Gasteiger partial charge in [0.05, 0.1) is 23.8 Å². The number of furan rings is 1. The maximum atomic E-state index is 14.8. The molecular formula is C21H20FN3O2. The highest BCUT2D eigenvalue weighted by molar-refractivity contribution is 6.11. The summed E-state index contributed by atoms with van der Waals surface area (Å²) in [6.45, 7) is 0.530. The Morgan fingerprint density at radius 1 is 1.26 bits per heavy atom. The number of carbonyl (C=O) groups is 1. The summed E-state index contributed by atoms with van der Waals surface area (Å²) in [6.07, 6.45) is 9.04. The molecule has 1 fully saturated rings. The Labute approximate surface area is 156 Å². The second-order valence-corrected chi connectivity index (χ2v) is 7.59. The molecule has 27 heavy (non-hydrogen) atoms. The van der Waals surface area contributed by atoms with Crippen LogP contribution in [0.15, 0.2) is 47.4 Å². The molecule has 5 rings (SSSR count). The lowest BCUT2D eigenvalue weighted by atomic mass is 9.81. The molecule has 5 nitrogen and oxygen atoms in total. The van der Waals surface area contributed by atoms with Crippen LogP contribution in [-0.2, 0) is 12.5 Å². The van der Waals surface area contributed by atoms with Crippen molar-refractivity contribution in [2.24, 2.45) is 7.05 Å². The van der Waals surface area contributed by atoms with Gasteiger partial charge in [-0.1, -0.05) is 25.0 Å². The molecule has 2 aliphatic rings. The van der Waals surface area contributed by atoms with Crippen molar-refractivity contribution in [1.82, 2.24) is 9.78 Å². The van der Waals surface area contributed by atoms with E-state index in [9.17, 15) is 9.18 Å². The molecule has 0 bridgehead atoms. The summed E-state index contributed by atoms with van der Waals surface area (Å²) in [7, 11) is 1.78. The first-order chi connectivity index (χ1) is 13.1. The predicted molar refractivity (Wildman–Crippen MR) is 99.1 cm³/mol. The highest BCUT2D eigenvalue weighted by Gasteiger charge is 2.48. The Morgan fingerprint density at radius 3 is 2.81 bits per heavy atom. The first kappa shape index (κ1) is 16.3. The lowest BCUT2D eigenvalue weighted by Crippen LogP contribution is -2.35. The standard InChI is InChI=1S/C21H20FN3O2/c1-24-11-15(18(23-24)14-7-10-27-12-14)20(26)25-13-21(8-2-3-9-21)16-5-4-6-17(22)19(16)25/h4-7,10-12H,2-3,8-9,13H2,1H3. The molecule has 1 saturated carbocycles. The maximum Gasteiger partial charge on any atom is 0.262 e. The van der Waals surface area contributed by atoms with E-state index in [4.69, 9.17) is 4.42 Å². The predicted octanol–water partition coefficient (Wildman–Crippen LogP) is 4.29. The van der Waals surface area contributed by atoms with Gasteiger partial charge in [-0.15, -0.1) is 0 Å². The average Bonchev–Trinajstić information content (AvgIpc) is 3.43. The van der Waals surface area contributed by atoms with Crippen LogP contribution >= 0.6 is 0 Å². The van der Waals surface area contributed by atoms with Crippen LogP contribution in [0.3, 0.4) is 0 Å². The van der Waals surface area contributed by atoms with Gasteiger partial charge in [-0.05, 0) is 30.5 Å². The summed E-state index contributed by atoms with van der Waals surface area (Å²) in [5.41, 5.74) is 3.05. The quantitative estimate of drug-likeness (QED) is 0.681. The molecule has 138 valence electrons. The maximum absolute atomic E-state index is 14.8. The van der Waals surface area contributed by atoms with E-state index in [0.717, 1.165) is 36.8 Å². The molecule has 0 saturated heterocycles. The number of aromatic nitrogens is 2. The SMILES string of the molecule is Cn1cc(C(=O)N2CC3(CCCC3)c3cccc(F)c32)c(-c2ccoc2)n1. The Kier molecular flexibility index (Phi) is 3.50. The van der Waals surface area contributed by atoms with E-state index in [-0.39, 0.29) is 17.1 Å². The Bertz CT molecular complexity index is 1020. The number of hydrogen-bond acceptors (Lipinski definition) is 3. The van der Waals surface area contributed by atoms with E-state index < -0.39 is 0 Å². The Morgan fingerprint density at radius 2 is 2.07 bits per heavy atom. The van der Waals surface area contributed by atoms with E-state index >= 15 is 0 Å². The molecule has 1 aliphatic carbocycles. The molecule has 1 aliphatic heterocycles. The second-order valence-electron chi connectivity index (χ2n) is 7.59. The van der Waals surface area contributed by atoms with Crippen LogP contribution in [0.5, 0.6) is 0 Å². The first-order valence-corrected chi connectivity index (χ1v) is 9.26. The van der Waals surface area contributed by atoms with Gasteiger partial charge in [-0.3, -0.25) is 9.48 Å². The molecule has 0 atom stereocenters. The van der Waals surface area contributed by atoms with Gasteiger partial charge < -0.3 is 9.32 Å². The lowest BCUT2D eigenvalue weighted by Gasteiger charge is -2.24. The van der Waals surface area contributed by atoms with E-state index in [2.05, 4.69) is 5.10 Å². The van der Waals surface area contributed by atoms with Crippen molar-refractivity contribution in [3.05, 3.63) is 59.9 Å². The summed E-state index contributed by atoms with van der Waals surface area (Å²) in [5, 5.41) is 4.43. The molecule has 3 heterocycles. The average molecular weight is 365 g/mol. The van der Waals surface area contributed by atoms with Crippen molar-refractivity contribution < 1.29 is 13.6 Å². The number of aryl methyl sites for hydroxylation is 1. The number of halogens is 1. The molecule has 0 unspecified atom stereocenters. The number of amides is 1. The number of anilines is 1. The summed E-state index contributed by atoms with van der Waals surface area (Å²) in [6, 6.07) is 6.95. The van der Waals surface area contributed by atoms with Crippen molar-refractivity contribution in [1.29, 1.82) is 0 Å². The van der Waals surface area contributed by atoms with E-state index in [1.54, 1.807) is 47.5 Å². The highest BCUT2D eigenvalue weighted by Crippen LogP contribution is 2.51. The number of rotatable bonds is 2. The molecule has 3 aromatic rings. The van der Waals surface area contributed by atoms with Crippen LogP contribution in [0, 0.1) is 5.82 Å². The molecule has 1 aromatic carbocycles. The summed E-state index contributed by atoms with van der Waals surface area (Å²) in [5.74, 6) is -0.548. The van der Waals surface area contributed by atoms with Gasteiger partial charge >= 0.3 is 0 Å². The normalized spacial score (nSPS) is 17.6. The van der Waals surface area contributed by atoms with E-state index in [1.807, 2.05) is 6.07 Å². The second kappa shape index (κ2) is 5.81. The van der Waals surface area contributed by atoms with E-state index in [1.165, 1.54) is 6.07 Å². The minimum Gasteiger partial charge on any atom is -0.472 e. The van der Waals surface area contributed by atoms with Gasteiger partial charge in [0.2, 0.25) is 0 Å². The Hall–Kier alpha value is -2.89. The summed E-state index contributed by atoms with van der Waals surface area (Å²) < 4.78 is 21.6. The van der Waals surface area contributed by atoms with Crippen molar-refractivity contribution in [3.8, 4) is 11.3 Å². The van der Waals surface area contributed by atoms with Crippen LogP contribution in [0.4, 0.5) is 10.1 Å². The third kappa shape index (κ3) is 2.36. The fourth-order valence-corrected chi connectivity index (χ4v) is 4.74. The fourth-order valence-electron chi connectivity index (χ4n) is 4.74. The zero-order valence-electron chi connectivity index (χ0n) is 15.1. The van der Waals surface area contributed by atoms with Gasteiger partial charge in [0.25, 0.3) is 5.91 Å². The van der Waals surface area contributed by atoms with Crippen molar-refractivity contribution in [3.63, 3.8) is 0 Å². The first-order valence-electron chi connectivity index (χ1n) is 9.26. The molecule has 2 aromatic heterocycles. The van der Waals surface area contributed by atoms with Crippen LogP contribution in [0.1, 0.15) is 41.6 Å². The van der Waals surface area contributed by atoms with Gasteiger partial charge in [0.1, 0.15) is 11.5 Å². The molecule has 6 heteroatoms. The minimum atomic E-state index is -0.335. The highest BCUT2D eigenvalue weighted by atomic mass is 19.1.